The van der Waals surface area contributed by atoms with Gasteiger partial charge in [-0.3, -0.25) is 9.89 Å². The third kappa shape index (κ3) is 6.23. The van der Waals surface area contributed by atoms with Gasteiger partial charge in [0.15, 0.2) is 0 Å². The Balaban J connectivity index is 1.30. The molecule has 0 radical (unpaired) electrons. The van der Waals surface area contributed by atoms with Crippen molar-refractivity contribution in [1.82, 2.24) is 25.3 Å². The summed E-state index contributed by atoms with van der Waals surface area (Å²) in [6.07, 6.45) is 6.97. The molecule has 2 aliphatic rings. The van der Waals surface area contributed by atoms with Gasteiger partial charge in [-0.1, -0.05) is 12.1 Å². The number of aromatic nitrogens is 2. The largest absolute Gasteiger partial charge is 0.491 e. The number of likely N-dealkylation sites (tertiary alicyclic amines) is 1. The van der Waals surface area contributed by atoms with Crippen molar-refractivity contribution in [2.24, 2.45) is 5.41 Å². The average molecular weight is 484 g/mol. The molecule has 8 nitrogen and oxygen atoms in total. The highest BCUT2D eigenvalue weighted by Crippen LogP contribution is 2.49. The number of nitrogens with one attached hydrogen (secondary N) is 2. The van der Waals surface area contributed by atoms with E-state index in [2.05, 4.69) is 44.5 Å². The molecule has 0 unspecified atom stereocenters. The van der Waals surface area contributed by atoms with Crippen molar-refractivity contribution in [2.75, 3.05) is 54.1 Å². The van der Waals surface area contributed by atoms with Crippen molar-refractivity contribution in [3.8, 4) is 5.75 Å². The van der Waals surface area contributed by atoms with E-state index in [1.165, 1.54) is 11.3 Å². The first kappa shape index (κ1) is 25.7. The van der Waals surface area contributed by atoms with E-state index in [1.54, 1.807) is 7.11 Å². The van der Waals surface area contributed by atoms with Gasteiger partial charge in [-0.05, 0) is 63.9 Å². The van der Waals surface area contributed by atoms with E-state index in [-0.39, 0.29) is 5.41 Å². The van der Waals surface area contributed by atoms with Gasteiger partial charge in [0.1, 0.15) is 12.4 Å². The number of amides is 1. The second-order valence-electron chi connectivity index (χ2n) is 10.2. The number of carbonyl (C=O) groups is 1. The molecule has 35 heavy (non-hydrogen) atoms. The molecule has 192 valence electrons. The van der Waals surface area contributed by atoms with E-state index in [4.69, 9.17) is 9.47 Å². The molecule has 1 aromatic heterocycles. The Morgan fingerprint density at radius 3 is 2.69 bits per heavy atom. The third-order valence-corrected chi connectivity index (χ3v) is 7.74. The highest BCUT2D eigenvalue weighted by atomic mass is 16.5. The maximum atomic E-state index is 13.5. The fraction of sp³-hybridized carbons (Fsp3) is 0.630. The van der Waals surface area contributed by atoms with Crippen LogP contribution in [0.4, 0.5) is 0 Å². The molecule has 1 saturated carbocycles. The summed E-state index contributed by atoms with van der Waals surface area (Å²) in [4.78, 5) is 17.9. The summed E-state index contributed by atoms with van der Waals surface area (Å²) in [5.74, 6) is 1.64. The summed E-state index contributed by atoms with van der Waals surface area (Å²) in [5, 5.41) is 10.9. The van der Waals surface area contributed by atoms with Crippen LogP contribution in [-0.4, -0.2) is 80.0 Å². The minimum atomic E-state index is -0.177. The monoisotopic (exact) mass is 483 g/mol. The van der Waals surface area contributed by atoms with Crippen LogP contribution in [0, 0.1) is 5.41 Å². The van der Waals surface area contributed by atoms with Crippen LogP contribution < -0.4 is 10.1 Å². The van der Waals surface area contributed by atoms with Crippen LogP contribution in [0.15, 0.2) is 30.5 Å². The number of rotatable bonds is 12. The molecule has 0 bridgehead atoms. The molecule has 1 aliphatic heterocycles. The van der Waals surface area contributed by atoms with Crippen molar-refractivity contribution in [2.45, 2.75) is 51.1 Å². The number of nitrogens with zero attached hydrogens (tertiary/aromatic N) is 3. The minimum Gasteiger partial charge on any atom is -0.491 e. The lowest BCUT2D eigenvalue weighted by atomic mass is 9.68. The van der Waals surface area contributed by atoms with Crippen LogP contribution in [0.5, 0.6) is 5.75 Å². The summed E-state index contributed by atoms with van der Waals surface area (Å²) < 4.78 is 10.7. The molecule has 1 saturated heterocycles. The van der Waals surface area contributed by atoms with Crippen LogP contribution in [-0.2, 0) is 22.6 Å². The van der Waals surface area contributed by atoms with Crippen molar-refractivity contribution in [3.63, 3.8) is 0 Å². The number of methoxy groups -OCH3 is 1. The van der Waals surface area contributed by atoms with Gasteiger partial charge in [-0.25, -0.2) is 0 Å². The van der Waals surface area contributed by atoms with Gasteiger partial charge in [0.25, 0.3) is 0 Å². The van der Waals surface area contributed by atoms with Crippen LogP contribution in [0.1, 0.15) is 54.8 Å². The van der Waals surface area contributed by atoms with E-state index < -0.39 is 0 Å². The maximum Gasteiger partial charge on any atom is 0.229 e. The zero-order chi connectivity index (χ0) is 24.7. The molecular formula is C27H41N5O3. The predicted octanol–water partition coefficient (Wildman–Crippen LogP) is 3.16. The number of aromatic amines is 1. The van der Waals surface area contributed by atoms with Gasteiger partial charge in [-0.15, -0.1) is 0 Å². The molecule has 1 aliphatic carbocycles. The molecular weight excluding hydrogens is 442 g/mol. The molecule has 2 heterocycles. The van der Waals surface area contributed by atoms with Crippen LogP contribution in [0.2, 0.25) is 0 Å². The average Bonchev–Trinajstić information content (AvgIpc) is 3.45. The van der Waals surface area contributed by atoms with Crippen molar-refractivity contribution >= 4 is 5.91 Å². The Hall–Kier alpha value is -2.42. The SMILES string of the molecule is CNCCN(C)Cc1cn[nH]c1C1CCC2(CC1)CCN(Cc1ccc(OCCOC)cc1)C2=O. The first-order valence-corrected chi connectivity index (χ1v) is 12.9. The molecule has 2 aromatic rings. The highest BCUT2D eigenvalue weighted by Gasteiger charge is 2.48. The van der Waals surface area contributed by atoms with Crippen LogP contribution in [0.25, 0.3) is 0 Å². The van der Waals surface area contributed by atoms with Crippen LogP contribution in [0.3, 0.4) is 0 Å². The molecule has 2 N–H and O–H groups in total. The molecule has 4 rings (SSSR count). The van der Waals surface area contributed by atoms with E-state index in [9.17, 15) is 4.79 Å². The first-order valence-electron chi connectivity index (χ1n) is 12.9. The van der Waals surface area contributed by atoms with Gasteiger partial charge >= 0.3 is 0 Å². The maximum absolute atomic E-state index is 13.5. The van der Waals surface area contributed by atoms with E-state index in [0.717, 1.165) is 69.6 Å². The molecule has 2 fully saturated rings. The van der Waals surface area contributed by atoms with Gasteiger partial charge in [0.2, 0.25) is 5.91 Å². The summed E-state index contributed by atoms with van der Waals surface area (Å²) in [7, 11) is 5.80. The predicted molar refractivity (Wildman–Crippen MR) is 136 cm³/mol. The number of hydrogen-bond acceptors (Lipinski definition) is 6. The summed E-state index contributed by atoms with van der Waals surface area (Å²) in [5.41, 5.74) is 3.53. The van der Waals surface area contributed by atoms with Gasteiger partial charge < -0.3 is 24.6 Å². The van der Waals surface area contributed by atoms with Crippen LogP contribution >= 0.6 is 0 Å². The lowest BCUT2D eigenvalue weighted by Crippen LogP contribution is -2.37. The normalized spacial score (nSPS) is 22.5. The topological polar surface area (TPSA) is 82.7 Å². The van der Waals surface area contributed by atoms with E-state index in [0.29, 0.717) is 31.6 Å². The number of hydrogen-bond donors (Lipinski definition) is 2. The fourth-order valence-electron chi connectivity index (χ4n) is 5.59. The van der Waals surface area contributed by atoms with Crippen molar-refractivity contribution < 1.29 is 14.3 Å². The molecule has 0 atom stereocenters. The molecule has 1 amide bonds. The number of H-pyrrole nitrogens is 1. The Morgan fingerprint density at radius 1 is 1.20 bits per heavy atom. The van der Waals surface area contributed by atoms with Gasteiger partial charge in [0, 0.05) is 57.0 Å². The number of likely N-dealkylation sites (N-methyl/N-ethyl adjacent to an activating group) is 2. The molecule has 8 heteroatoms. The van der Waals surface area contributed by atoms with Crippen molar-refractivity contribution in [3.05, 3.63) is 47.3 Å². The summed E-state index contributed by atoms with van der Waals surface area (Å²) in [6, 6.07) is 8.07. The summed E-state index contributed by atoms with van der Waals surface area (Å²) in [6.45, 7) is 5.51. The molecule has 1 aromatic carbocycles. The Labute approximate surface area is 209 Å². The Kier molecular flexibility index (Phi) is 8.81. The zero-order valence-electron chi connectivity index (χ0n) is 21.5. The standard InChI is InChI=1S/C27H41N5O3/c1-28-13-15-31(2)20-23-18-29-30-25(23)22-8-10-27(11-9-22)12-14-32(26(27)33)19-21-4-6-24(7-5-21)35-17-16-34-3/h4-7,18,22,28H,8-17,19-20H2,1-3H3,(H,29,30). The number of benzene rings is 1. The first-order chi connectivity index (χ1) is 17.0. The minimum absolute atomic E-state index is 0.177. The Bertz CT molecular complexity index is 937. The fourth-order valence-corrected chi connectivity index (χ4v) is 5.59. The lowest BCUT2D eigenvalue weighted by Gasteiger charge is -2.36. The smallest absolute Gasteiger partial charge is 0.229 e. The lowest BCUT2D eigenvalue weighted by molar-refractivity contribution is -0.138. The highest BCUT2D eigenvalue weighted by molar-refractivity contribution is 5.85. The van der Waals surface area contributed by atoms with E-state index >= 15 is 0 Å². The second kappa shape index (κ2) is 12.0. The van der Waals surface area contributed by atoms with Crippen molar-refractivity contribution in [1.29, 1.82) is 0 Å². The number of ether oxygens (including phenoxy) is 2. The zero-order valence-corrected chi connectivity index (χ0v) is 21.5. The Morgan fingerprint density at radius 2 is 1.97 bits per heavy atom. The molecule has 1 spiro atoms. The third-order valence-electron chi connectivity index (χ3n) is 7.74. The summed E-state index contributed by atoms with van der Waals surface area (Å²) >= 11 is 0. The van der Waals surface area contributed by atoms with Gasteiger partial charge in [0.05, 0.1) is 18.2 Å². The van der Waals surface area contributed by atoms with E-state index in [1.807, 2.05) is 25.4 Å². The van der Waals surface area contributed by atoms with Gasteiger partial charge in [-0.2, -0.15) is 5.10 Å². The quantitative estimate of drug-likeness (QED) is 0.451. The number of carbonyl (C=O) groups excluding carboxylic acids is 1. The second-order valence-corrected chi connectivity index (χ2v) is 10.2.